The number of rotatable bonds is 7. The van der Waals surface area contributed by atoms with Gasteiger partial charge in [0, 0.05) is 30.3 Å². The summed E-state index contributed by atoms with van der Waals surface area (Å²) in [5.41, 5.74) is 2.54. The van der Waals surface area contributed by atoms with Crippen molar-refractivity contribution in [3.8, 4) is 17.4 Å². The summed E-state index contributed by atoms with van der Waals surface area (Å²) in [4.78, 5) is 24.7. The molecule has 0 bridgehead atoms. The van der Waals surface area contributed by atoms with Crippen LogP contribution < -0.4 is 20.0 Å². The first-order valence-electron chi connectivity index (χ1n) is 13.8. The molecular formula is C30H33F3N6O6. The highest BCUT2D eigenvalue weighted by Crippen LogP contribution is 2.40. The molecular weight excluding hydrogens is 597 g/mol. The number of fused-ring (bicyclic) bond motifs is 1. The van der Waals surface area contributed by atoms with Crippen LogP contribution in [0.4, 0.5) is 18.9 Å². The smallest absolute Gasteiger partial charge is 0.490 e. The quantitative estimate of drug-likeness (QED) is 0.283. The molecule has 1 aliphatic rings. The molecule has 4 aromatic rings. The Bertz CT molecular complexity index is 1720. The second-order valence-corrected chi connectivity index (χ2v) is 11.0. The Labute approximate surface area is 256 Å². The molecule has 0 atom stereocenters. The lowest BCUT2D eigenvalue weighted by molar-refractivity contribution is -0.192. The minimum absolute atomic E-state index is 0.0233. The second-order valence-electron chi connectivity index (χ2n) is 11.0. The third kappa shape index (κ3) is 7.98. The zero-order valence-corrected chi connectivity index (χ0v) is 25.1. The fourth-order valence-electron chi connectivity index (χ4n) is 4.50. The molecule has 1 saturated heterocycles. The summed E-state index contributed by atoms with van der Waals surface area (Å²) in [7, 11) is 1.66. The third-order valence-corrected chi connectivity index (χ3v) is 6.72. The van der Waals surface area contributed by atoms with Crippen LogP contribution in [-0.2, 0) is 21.5 Å². The number of halogens is 3. The van der Waals surface area contributed by atoms with Gasteiger partial charge in [0.15, 0.2) is 11.4 Å². The Morgan fingerprint density at radius 1 is 1.02 bits per heavy atom. The highest BCUT2D eigenvalue weighted by molar-refractivity contribution is 5.97. The van der Waals surface area contributed by atoms with Crippen molar-refractivity contribution in [2.45, 2.75) is 38.9 Å². The number of carbonyl (C=O) groups excluding carboxylic acids is 1. The van der Waals surface area contributed by atoms with E-state index in [4.69, 9.17) is 29.5 Å². The van der Waals surface area contributed by atoms with E-state index in [-0.39, 0.29) is 23.4 Å². The van der Waals surface area contributed by atoms with Gasteiger partial charge in [0.25, 0.3) is 0 Å². The van der Waals surface area contributed by atoms with Gasteiger partial charge in [-0.3, -0.25) is 10.2 Å². The number of hydrogen-bond donors (Lipinski definition) is 2. The lowest BCUT2D eigenvalue weighted by atomic mass is 9.84. The van der Waals surface area contributed by atoms with Crippen LogP contribution in [0.1, 0.15) is 36.7 Å². The van der Waals surface area contributed by atoms with Crippen LogP contribution >= 0.6 is 0 Å². The molecule has 2 N–H and O–H groups in total. The van der Waals surface area contributed by atoms with Crippen LogP contribution in [0.5, 0.6) is 17.4 Å². The van der Waals surface area contributed by atoms with E-state index in [1.807, 2.05) is 42.5 Å². The van der Waals surface area contributed by atoms with Crippen molar-refractivity contribution in [2.24, 2.45) is 0 Å². The minimum atomic E-state index is -5.08. The largest absolute Gasteiger partial charge is 0.494 e. The first-order valence-corrected chi connectivity index (χ1v) is 13.8. The van der Waals surface area contributed by atoms with Crippen LogP contribution in [-0.4, -0.2) is 75.8 Å². The Kier molecular flexibility index (Phi) is 9.81. The van der Waals surface area contributed by atoms with Gasteiger partial charge in [0.05, 0.1) is 26.0 Å². The highest BCUT2D eigenvalue weighted by atomic mass is 19.4. The number of nitrogens with zero attached hydrogens (tertiary/aromatic N) is 5. The number of para-hydroxylation sites is 1. The van der Waals surface area contributed by atoms with Gasteiger partial charge in [-0.25, -0.2) is 9.48 Å². The number of benzene rings is 2. The van der Waals surface area contributed by atoms with E-state index >= 15 is 0 Å². The minimum Gasteiger partial charge on any atom is -0.494 e. The molecule has 1 aliphatic heterocycles. The summed E-state index contributed by atoms with van der Waals surface area (Å²) in [6.07, 6.45) is -5.08. The summed E-state index contributed by atoms with van der Waals surface area (Å²) in [6, 6.07) is 16.5. The normalized spacial score (nSPS) is 13.6. The van der Waals surface area contributed by atoms with Gasteiger partial charge < -0.3 is 24.2 Å². The van der Waals surface area contributed by atoms with Crippen molar-refractivity contribution < 1.29 is 42.1 Å². The predicted octanol–water partition coefficient (Wildman–Crippen LogP) is 4.46. The molecule has 0 saturated carbocycles. The number of alkyl halides is 3. The van der Waals surface area contributed by atoms with Gasteiger partial charge in [0.2, 0.25) is 11.5 Å². The Hall–Kier alpha value is -4.92. The number of anilines is 1. The van der Waals surface area contributed by atoms with Crippen molar-refractivity contribution in [1.29, 1.82) is 5.41 Å². The molecule has 2 aromatic heterocycles. The van der Waals surface area contributed by atoms with Gasteiger partial charge in [-0.1, -0.05) is 39.0 Å². The number of morpholine rings is 1. The monoisotopic (exact) mass is 630 g/mol. The third-order valence-electron chi connectivity index (χ3n) is 6.72. The van der Waals surface area contributed by atoms with Crippen LogP contribution in [0.3, 0.4) is 0 Å². The number of Topliss-reactive ketones (excluding diaryl/α,β-unsaturated/α-hetero) is 1. The summed E-state index contributed by atoms with van der Waals surface area (Å²) >= 11 is 0. The average molecular weight is 631 g/mol. The number of ether oxygens (including phenoxy) is 3. The number of methoxy groups -OCH3 is 1. The Morgan fingerprint density at radius 3 is 2.24 bits per heavy atom. The number of carboxylic acids is 1. The summed E-state index contributed by atoms with van der Waals surface area (Å²) in [6.45, 7) is 8.87. The molecule has 15 heteroatoms. The summed E-state index contributed by atoms with van der Waals surface area (Å²) < 4.78 is 51.6. The predicted molar refractivity (Wildman–Crippen MR) is 156 cm³/mol. The summed E-state index contributed by atoms with van der Waals surface area (Å²) in [5.74, 6) is -1.18. The molecule has 0 amide bonds. The first-order chi connectivity index (χ1) is 21.2. The van der Waals surface area contributed by atoms with Crippen LogP contribution in [0, 0.1) is 5.41 Å². The van der Waals surface area contributed by atoms with E-state index in [0.717, 1.165) is 17.0 Å². The van der Waals surface area contributed by atoms with Crippen LogP contribution in [0.15, 0.2) is 54.6 Å². The number of ketones is 1. The fraction of sp³-hybridized carbons (Fsp3) is 0.367. The average Bonchev–Trinajstić information content (AvgIpc) is 3.30. The van der Waals surface area contributed by atoms with E-state index in [1.54, 1.807) is 19.2 Å². The molecule has 0 spiro atoms. The zero-order chi connectivity index (χ0) is 32.9. The molecule has 3 heterocycles. The van der Waals surface area contributed by atoms with Crippen molar-refractivity contribution in [3.63, 3.8) is 0 Å². The fourth-order valence-corrected chi connectivity index (χ4v) is 4.50. The molecule has 1 fully saturated rings. The number of nitrogens with one attached hydrogen (secondary N) is 1. The van der Waals surface area contributed by atoms with Crippen molar-refractivity contribution in [2.75, 3.05) is 38.3 Å². The lowest BCUT2D eigenvalue weighted by Gasteiger charge is -2.33. The SMILES string of the molecule is COc1c(N2CCOCC2)cc(C(=O)Cn2nc3ccc(Oc4ccccc4)nn3c2=N)cc1C(C)(C)C.O=C(O)C(F)(F)F. The van der Waals surface area contributed by atoms with E-state index in [0.29, 0.717) is 49.1 Å². The van der Waals surface area contributed by atoms with E-state index in [9.17, 15) is 18.0 Å². The Morgan fingerprint density at radius 2 is 1.67 bits per heavy atom. The molecule has 0 aliphatic carbocycles. The molecule has 5 rings (SSSR count). The zero-order valence-electron chi connectivity index (χ0n) is 25.1. The molecule has 45 heavy (non-hydrogen) atoms. The maximum absolute atomic E-state index is 13.6. The molecule has 240 valence electrons. The van der Waals surface area contributed by atoms with Crippen molar-refractivity contribution >= 4 is 23.1 Å². The van der Waals surface area contributed by atoms with Gasteiger partial charge in [-0.15, -0.1) is 10.2 Å². The number of carbonyl (C=O) groups is 2. The van der Waals surface area contributed by atoms with Gasteiger partial charge in [-0.2, -0.15) is 17.7 Å². The number of aliphatic carboxylic acids is 1. The van der Waals surface area contributed by atoms with Crippen molar-refractivity contribution in [3.05, 3.63) is 71.3 Å². The topological polar surface area (TPSA) is 144 Å². The first kappa shape index (κ1) is 33.0. The van der Waals surface area contributed by atoms with Crippen molar-refractivity contribution in [1.82, 2.24) is 19.4 Å². The molecule has 0 unspecified atom stereocenters. The van der Waals surface area contributed by atoms with E-state index < -0.39 is 12.1 Å². The van der Waals surface area contributed by atoms with Crippen LogP contribution in [0.25, 0.3) is 5.65 Å². The number of aromatic nitrogens is 4. The van der Waals surface area contributed by atoms with Gasteiger partial charge >= 0.3 is 12.1 Å². The lowest BCUT2D eigenvalue weighted by Crippen LogP contribution is -2.37. The van der Waals surface area contributed by atoms with E-state index in [2.05, 4.69) is 35.9 Å². The standard InChI is InChI=1S/C28H32N6O4.C2HF3O2/c1-28(2,3)21-16-19(17-22(26(21)36-4)32-12-14-37-15-13-32)23(35)18-33-27(29)34-24(30-33)10-11-25(31-34)38-20-8-6-5-7-9-20;3-2(4,5)1(6)7/h5-11,16-17,29H,12-15,18H2,1-4H3;(H,6,7). The van der Waals surface area contributed by atoms with Crippen LogP contribution in [0.2, 0.25) is 0 Å². The second kappa shape index (κ2) is 13.4. The Balaban J connectivity index is 0.000000591. The van der Waals surface area contributed by atoms with E-state index in [1.165, 1.54) is 9.20 Å². The summed E-state index contributed by atoms with van der Waals surface area (Å²) in [5, 5.41) is 24.6. The number of hydrogen-bond acceptors (Lipinski definition) is 9. The maximum atomic E-state index is 13.6. The molecule has 2 aromatic carbocycles. The highest BCUT2D eigenvalue weighted by Gasteiger charge is 2.38. The number of carboxylic acid groups (broad SMARTS) is 1. The van der Waals surface area contributed by atoms with Gasteiger partial charge in [0.1, 0.15) is 18.0 Å². The molecule has 12 nitrogen and oxygen atoms in total. The maximum Gasteiger partial charge on any atom is 0.490 e. The van der Waals surface area contributed by atoms with Gasteiger partial charge in [-0.05, 0) is 35.7 Å². The molecule has 0 radical (unpaired) electrons.